The van der Waals surface area contributed by atoms with E-state index in [-0.39, 0.29) is 5.82 Å². The molecule has 3 rings (SSSR count). The molecule has 0 amide bonds. The van der Waals surface area contributed by atoms with Gasteiger partial charge in [0.15, 0.2) is 0 Å². The van der Waals surface area contributed by atoms with Gasteiger partial charge in [-0.15, -0.1) is 0 Å². The molecule has 3 aromatic rings. The van der Waals surface area contributed by atoms with Crippen LogP contribution in [0.1, 0.15) is 77.5 Å². The maximum Gasteiger partial charge on any atom is 0.331 e. The summed E-state index contributed by atoms with van der Waals surface area (Å²) in [5.74, 6) is -0.192. The Labute approximate surface area is 243 Å². The number of halogens is 2. The van der Waals surface area contributed by atoms with Crippen molar-refractivity contribution in [2.75, 3.05) is 6.61 Å². The maximum atomic E-state index is 13.7. The number of allylic oxidation sites excluding steroid dienone is 5. The number of aliphatic carboxylic acids is 1. The van der Waals surface area contributed by atoms with Crippen LogP contribution in [0.5, 0.6) is 5.75 Å². The Kier molecular flexibility index (Phi) is 10.8. The number of hydrogen-bond donors (Lipinski definition) is 1. The third-order valence-electron chi connectivity index (χ3n) is 7.68. The Morgan fingerprint density at radius 3 is 2.48 bits per heavy atom. The SMILES string of the molecule is C/C=C(C)\C(=C(\C)C(C)C)c1c(Cl)ccc(/C(CCCOc2cccc3cc(F)ccc23)=C(\CC)C(=O)O)c1C. The van der Waals surface area contributed by atoms with E-state index >= 15 is 0 Å². The van der Waals surface area contributed by atoms with Gasteiger partial charge in [0.2, 0.25) is 0 Å². The van der Waals surface area contributed by atoms with Crippen molar-refractivity contribution in [3.8, 4) is 5.75 Å². The Morgan fingerprint density at radius 1 is 1.12 bits per heavy atom. The maximum absolute atomic E-state index is 13.7. The molecule has 3 aromatic carbocycles. The summed E-state index contributed by atoms with van der Waals surface area (Å²) in [7, 11) is 0. The molecule has 0 spiro atoms. The molecule has 3 nitrogen and oxygen atoms in total. The van der Waals surface area contributed by atoms with Gasteiger partial charge in [0.05, 0.1) is 6.61 Å². The van der Waals surface area contributed by atoms with E-state index < -0.39 is 5.97 Å². The molecule has 0 aliphatic heterocycles. The third-order valence-corrected chi connectivity index (χ3v) is 8.00. The second-order valence-electron chi connectivity index (χ2n) is 10.5. The number of benzene rings is 3. The Balaban J connectivity index is 2.02. The molecule has 0 heterocycles. The molecule has 0 atom stereocenters. The van der Waals surface area contributed by atoms with E-state index in [1.807, 2.05) is 51.1 Å². The summed E-state index contributed by atoms with van der Waals surface area (Å²) in [6.45, 7) is 14.9. The molecule has 0 saturated heterocycles. The van der Waals surface area contributed by atoms with Crippen molar-refractivity contribution >= 4 is 39.5 Å². The molecule has 0 unspecified atom stereocenters. The zero-order valence-corrected chi connectivity index (χ0v) is 25.4. The molecule has 1 N–H and O–H groups in total. The van der Waals surface area contributed by atoms with Gasteiger partial charge in [-0.05, 0) is 116 Å². The van der Waals surface area contributed by atoms with Crippen molar-refractivity contribution in [3.05, 3.63) is 98.9 Å². The number of rotatable bonds is 11. The lowest BCUT2D eigenvalue weighted by molar-refractivity contribution is -0.132. The molecule has 0 bridgehead atoms. The van der Waals surface area contributed by atoms with Crippen LogP contribution in [0.4, 0.5) is 4.39 Å². The summed E-state index contributed by atoms with van der Waals surface area (Å²) >= 11 is 6.84. The van der Waals surface area contributed by atoms with Crippen molar-refractivity contribution in [2.24, 2.45) is 5.92 Å². The summed E-state index contributed by atoms with van der Waals surface area (Å²) in [5, 5.41) is 12.4. The lowest BCUT2D eigenvalue weighted by atomic mass is 9.83. The fourth-order valence-corrected chi connectivity index (χ4v) is 5.47. The van der Waals surface area contributed by atoms with E-state index in [1.165, 1.54) is 17.7 Å². The molecule has 5 heteroatoms. The van der Waals surface area contributed by atoms with Crippen LogP contribution in [0, 0.1) is 18.7 Å². The monoisotopic (exact) mass is 562 g/mol. The van der Waals surface area contributed by atoms with Crippen LogP contribution in [0.3, 0.4) is 0 Å². The summed E-state index contributed by atoms with van der Waals surface area (Å²) in [6, 6.07) is 14.0. The highest BCUT2D eigenvalue weighted by Crippen LogP contribution is 2.40. The van der Waals surface area contributed by atoms with Gasteiger partial charge in [-0.2, -0.15) is 0 Å². The number of carboxylic acid groups (broad SMARTS) is 1. The van der Waals surface area contributed by atoms with Crippen LogP contribution in [-0.4, -0.2) is 17.7 Å². The lowest BCUT2D eigenvalue weighted by Gasteiger charge is -2.23. The molecule has 212 valence electrons. The van der Waals surface area contributed by atoms with E-state index in [4.69, 9.17) is 16.3 Å². The quantitative estimate of drug-likeness (QED) is 0.144. The summed E-state index contributed by atoms with van der Waals surface area (Å²) < 4.78 is 19.8. The fraction of sp³-hybridized carbons (Fsp3) is 0.343. The molecule has 0 aromatic heterocycles. The first-order chi connectivity index (χ1) is 19.0. The molecule has 0 aliphatic carbocycles. The normalized spacial score (nSPS) is 13.4. The van der Waals surface area contributed by atoms with Crippen LogP contribution in [-0.2, 0) is 4.79 Å². The van der Waals surface area contributed by atoms with Crippen LogP contribution < -0.4 is 4.74 Å². The Hall–Kier alpha value is -3.37. The molecule has 0 fully saturated rings. The third kappa shape index (κ3) is 6.85. The highest BCUT2D eigenvalue weighted by atomic mass is 35.5. The van der Waals surface area contributed by atoms with Gasteiger partial charge < -0.3 is 9.84 Å². The zero-order chi connectivity index (χ0) is 29.6. The average molecular weight is 563 g/mol. The first kappa shape index (κ1) is 31.2. The summed E-state index contributed by atoms with van der Waals surface area (Å²) in [4.78, 5) is 12.4. The first-order valence-corrected chi connectivity index (χ1v) is 14.3. The second kappa shape index (κ2) is 13.8. The number of hydrogen-bond acceptors (Lipinski definition) is 2. The molecular weight excluding hydrogens is 523 g/mol. The molecule has 0 aliphatic rings. The smallest absolute Gasteiger partial charge is 0.331 e. The Morgan fingerprint density at radius 2 is 1.85 bits per heavy atom. The van der Waals surface area contributed by atoms with Gasteiger partial charge in [0, 0.05) is 21.5 Å². The number of ether oxygens (including phenoxy) is 1. The Bertz CT molecular complexity index is 1490. The first-order valence-electron chi connectivity index (χ1n) is 13.9. The van der Waals surface area contributed by atoms with Gasteiger partial charge in [0.25, 0.3) is 0 Å². The standard InChI is InChI=1S/C35H40ClFO3/c1-8-22(5)33(23(6)21(3)4)34-24(7)28(17-18-31(34)36)30(27(9-2)35(38)39)13-11-19-40-32-14-10-12-25-20-26(37)15-16-29(25)32/h8,10,12,14-18,20-21H,9,11,13,19H2,1-7H3,(H,38,39)/b22-8-,30-27+,33-23+. The summed E-state index contributed by atoms with van der Waals surface area (Å²) in [5.41, 5.74) is 7.51. The van der Waals surface area contributed by atoms with Gasteiger partial charge in [0.1, 0.15) is 11.6 Å². The van der Waals surface area contributed by atoms with Crippen molar-refractivity contribution in [1.29, 1.82) is 0 Å². The van der Waals surface area contributed by atoms with Gasteiger partial charge in [-0.25, -0.2) is 9.18 Å². The fourth-order valence-electron chi connectivity index (χ4n) is 5.17. The van der Waals surface area contributed by atoms with Crippen LogP contribution in [0.2, 0.25) is 5.02 Å². The number of carboxylic acids is 1. The largest absolute Gasteiger partial charge is 0.493 e. The topological polar surface area (TPSA) is 46.5 Å². The summed E-state index contributed by atoms with van der Waals surface area (Å²) in [6.07, 6.45) is 3.64. The molecule has 0 radical (unpaired) electrons. The minimum atomic E-state index is -0.913. The predicted octanol–water partition coefficient (Wildman–Crippen LogP) is 10.4. The lowest BCUT2D eigenvalue weighted by Crippen LogP contribution is -2.08. The van der Waals surface area contributed by atoms with E-state index in [2.05, 4.69) is 33.8 Å². The van der Waals surface area contributed by atoms with Crippen LogP contribution in [0.25, 0.3) is 21.9 Å². The molecule has 0 saturated carbocycles. The van der Waals surface area contributed by atoms with Crippen LogP contribution in [0.15, 0.2) is 71.3 Å². The van der Waals surface area contributed by atoms with E-state index in [0.717, 1.165) is 44.2 Å². The number of carbonyl (C=O) groups is 1. The van der Waals surface area contributed by atoms with Crippen molar-refractivity contribution in [2.45, 2.75) is 67.7 Å². The average Bonchev–Trinajstić information content (AvgIpc) is 2.91. The van der Waals surface area contributed by atoms with Crippen molar-refractivity contribution < 1.29 is 19.0 Å². The van der Waals surface area contributed by atoms with E-state index in [9.17, 15) is 14.3 Å². The zero-order valence-electron chi connectivity index (χ0n) is 24.6. The second-order valence-corrected chi connectivity index (χ2v) is 10.9. The van der Waals surface area contributed by atoms with Crippen LogP contribution >= 0.6 is 11.6 Å². The highest BCUT2D eigenvalue weighted by Gasteiger charge is 2.22. The van der Waals surface area contributed by atoms with Crippen molar-refractivity contribution in [3.63, 3.8) is 0 Å². The molecule has 40 heavy (non-hydrogen) atoms. The van der Waals surface area contributed by atoms with Gasteiger partial charge >= 0.3 is 5.97 Å². The van der Waals surface area contributed by atoms with Gasteiger partial charge in [-0.3, -0.25) is 0 Å². The van der Waals surface area contributed by atoms with Gasteiger partial charge in [-0.1, -0.05) is 62.2 Å². The molecular formula is C35H40ClFO3. The highest BCUT2D eigenvalue weighted by molar-refractivity contribution is 6.33. The van der Waals surface area contributed by atoms with Crippen molar-refractivity contribution in [1.82, 2.24) is 0 Å². The van der Waals surface area contributed by atoms with E-state index in [1.54, 1.807) is 6.07 Å². The minimum Gasteiger partial charge on any atom is -0.493 e. The minimum absolute atomic E-state index is 0.288. The van der Waals surface area contributed by atoms with E-state index in [0.29, 0.717) is 48.1 Å². The predicted molar refractivity (Wildman–Crippen MR) is 167 cm³/mol. The number of fused-ring (bicyclic) bond motifs is 1.